The van der Waals surface area contributed by atoms with E-state index in [-0.39, 0.29) is 23.6 Å². The van der Waals surface area contributed by atoms with Crippen molar-refractivity contribution < 1.29 is 40.2 Å². The van der Waals surface area contributed by atoms with E-state index in [1.807, 2.05) is 0 Å². The van der Waals surface area contributed by atoms with E-state index >= 15 is 0 Å². The van der Waals surface area contributed by atoms with Gasteiger partial charge in [0.2, 0.25) is 0 Å². The zero-order valence-corrected chi connectivity index (χ0v) is 17.2. The van der Waals surface area contributed by atoms with E-state index in [4.69, 9.17) is 4.74 Å². The molecule has 1 aromatic heterocycles. The molecule has 1 fully saturated rings. The molecule has 0 amide bonds. The van der Waals surface area contributed by atoms with Crippen LogP contribution in [0.1, 0.15) is 18.5 Å². The Kier molecular flexibility index (Phi) is 5.66. The van der Waals surface area contributed by atoms with Crippen molar-refractivity contribution in [2.24, 2.45) is 0 Å². The number of tetrazole rings is 1. The maximum atomic E-state index is 14.3. The molecular weight excluding hydrogens is 477 g/mol. The lowest BCUT2D eigenvalue weighted by Crippen LogP contribution is -2.41. The average Bonchev–Trinajstić information content (AvgIpc) is 3.47. The van der Waals surface area contributed by atoms with Gasteiger partial charge < -0.3 is 9.47 Å². The first-order chi connectivity index (χ1) is 15.9. The van der Waals surface area contributed by atoms with Crippen molar-refractivity contribution in [3.05, 3.63) is 70.1 Å². The van der Waals surface area contributed by atoms with Crippen LogP contribution in [-0.2, 0) is 10.3 Å². The van der Waals surface area contributed by atoms with E-state index in [1.54, 1.807) is 0 Å². The zero-order valence-electron chi connectivity index (χ0n) is 17.2. The molecule has 0 saturated carbocycles. The highest BCUT2D eigenvalue weighted by Crippen LogP contribution is 2.48. The Labute approximate surface area is 186 Å². The molecule has 2 atom stereocenters. The molecule has 34 heavy (non-hydrogen) atoms. The first kappa shape index (κ1) is 23.7. The van der Waals surface area contributed by atoms with Gasteiger partial charge in [-0.15, -0.1) is 0 Å². The van der Waals surface area contributed by atoms with Crippen LogP contribution in [0, 0.1) is 11.6 Å². The van der Waals surface area contributed by atoms with Gasteiger partial charge in [0.05, 0.1) is 18.3 Å². The minimum atomic E-state index is -5.76. The molecule has 1 aliphatic rings. The molecule has 0 unspecified atom stereocenters. The van der Waals surface area contributed by atoms with Gasteiger partial charge in [0.25, 0.3) is 0 Å². The van der Waals surface area contributed by atoms with E-state index in [0.29, 0.717) is 6.07 Å². The van der Waals surface area contributed by atoms with Gasteiger partial charge in [-0.25, -0.2) is 13.6 Å². The molecule has 0 radical (unpaired) electrons. The quantitative estimate of drug-likeness (QED) is 0.371. The fourth-order valence-corrected chi connectivity index (χ4v) is 3.33. The first-order valence-corrected chi connectivity index (χ1v) is 9.67. The van der Waals surface area contributed by atoms with Gasteiger partial charge in [-0.3, -0.25) is 0 Å². The van der Waals surface area contributed by atoms with E-state index in [9.17, 15) is 35.5 Å². The van der Waals surface area contributed by atoms with Crippen LogP contribution in [-0.4, -0.2) is 45.1 Å². The molecule has 0 spiro atoms. The number of epoxide rings is 1. The Balaban J connectivity index is 1.53. The molecule has 3 aromatic rings. The topological polar surface area (TPSA) is 74.5 Å². The van der Waals surface area contributed by atoms with Gasteiger partial charge in [0.15, 0.2) is 6.61 Å². The number of hydrogen-bond donors (Lipinski definition) is 0. The Bertz CT molecular complexity index is 1250. The second kappa shape index (κ2) is 8.11. The summed E-state index contributed by atoms with van der Waals surface area (Å²) < 4.78 is 102. The normalized spacial score (nSPS) is 19.2. The van der Waals surface area contributed by atoms with Crippen LogP contribution in [0.3, 0.4) is 0 Å². The van der Waals surface area contributed by atoms with Gasteiger partial charge in [0.1, 0.15) is 23.0 Å². The van der Waals surface area contributed by atoms with Crippen molar-refractivity contribution >= 4 is 0 Å². The third kappa shape index (κ3) is 4.13. The van der Waals surface area contributed by atoms with Crippen LogP contribution < -0.4 is 10.4 Å². The number of aromatic nitrogens is 4. The first-order valence-electron chi connectivity index (χ1n) is 9.67. The van der Waals surface area contributed by atoms with Crippen LogP contribution in [0.5, 0.6) is 5.75 Å². The highest BCUT2D eigenvalue weighted by atomic mass is 19.4. The van der Waals surface area contributed by atoms with E-state index in [1.165, 1.54) is 25.1 Å². The van der Waals surface area contributed by atoms with E-state index in [2.05, 4.69) is 15.2 Å². The number of rotatable bonds is 7. The van der Waals surface area contributed by atoms with Crippen LogP contribution in [0.15, 0.2) is 47.3 Å². The molecular formula is C20H15F7N4O3. The van der Waals surface area contributed by atoms with Gasteiger partial charge in [0, 0.05) is 11.6 Å². The van der Waals surface area contributed by atoms with Crippen molar-refractivity contribution in [3.8, 4) is 11.4 Å². The number of ether oxygens (including phenoxy) is 2. The molecule has 4 rings (SSSR count). The Hall–Kier alpha value is -3.42. The number of nitrogens with zero attached hydrogens (tertiary/aromatic N) is 4. The maximum Gasteiger partial charge on any atom is 0.456 e. The predicted molar refractivity (Wildman–Crippen MR) is 101 cm³/mol. The van der Waals surface area contributed by atoms with Crippen molar-refractivity contribution in [2.75, 3.05) is 13.2 Å². The maximum absolute atomic E-state index is 14.3. The second-order valence-electron chi connectivity index (χ2n) is 7.58. The highest BCUT2D eigenvalue weighted by Gasteiger charge is 2.58. The van der Waals surface area contributed by atoms with Crippen molar-refractivity contribution in [1.82, 2.24) is 19.8 Å². The summed E-state index contributed by atoms with van der Waals surface area (Å²) in [7, 11) is 0. The van der Waals surface area contributed by atoms with E-state index in [0.717, 1.165) is 27.6 Å². The smallest absolute Gasteiger partial charge is 0.456 e. The minimum absolute atomic E-state index is 0.0417. The summed E-state index contributed by atoms with van der Waals surface area (Å²) in [5, 5.41) is 7.50. The third-order valence-corrected chi connectivity index (χ3v) is 5.40. The Morgan fingerprint density at radius 3 is 2.29 bits per heavy atom. The molecule has 1 saturated heterocycles. The molecule has 7 nitrogen and oxygen atoms in total. The third-order valence-electron chi connectivity index (χ3n) is 5.40. The Morgan fingerprint density at radius 1 is 1.09 bits per heavy atom. The summed E-state index contributed by atoms with van der Waals surface area (Å²) in [5.41, 5.74) is -1.87. The van der Waals surface area contributed by atoms with Gasteiger partial charge >= 0.3 is 17.8 Å². The SMILES string of the molecule is C[C@@H](n1nnn(-c2ccc(OCC(F)(F)C(F)(F)F)cc2)c1=O)[C@@]1(c2ccc(F)cc2F)CO1. The summed E-state index contributed by atoms with van der Waals surface area (Å²) in [5.74, 6) is -6.95. The molecule has 14 heteroatoms. The van der Waals surface area contributed by atoms with Crippen LogP contribution in [0.4, 0.5) is 30.7 Å². The zero-order chi connectivity index (χ0) is 24.9. The lowest BCUT2D eigenvalue weighted by Gasteiger charge is -2.20. The van der Waals surface area contributed by atoms with Crippen LogP contribution >= 0.6 is 0 Å². The molecule has 2 aromatic carbocycles. The molecule has 0 N–H and O–H groups in total. The fraction of sp³-hybridized carbons (Fsp3) is 0.350. The minimum Gasteiger partial charge on any atom is -0.487 e. The van der Waals surface area contributed by atoms with Crippen molar-refractivity contribution in [2.45, 2.75) is 30.7 Å². The van der Waals surface area contributed by atoms with Gasteiger partial charge in [-0.1, -0.05) is 6.07 Å². The molecule has 182 valence electrons. The van der Waals surface area contributed by atoms with Crippen molar-refractivity contribution in [3.63, 3.8) is 0 Å². The second-order valence-corrected chi connectivity index (χ2v) is 7.58. The summed E-state index contributed by atoms with van der Waals surface area (Å²) >= 11 is 0. The Morgan fingerprint density at radius 2 is 1.74 bits per heavy atom. The van der Waals surface area contributed by atoms with Gasteiger partial charge in [-0.05, 0) is 47.7 Å². The predicted octanol–water partition coefficient (Wildman–Crippen LogP) is 3.77. The molecule has 0 bridgehead atoms. The summed E-state index contributed by atoms with van der Waals surface area (Å²) in [6, 6.07) is 6.68. The van der Waals surface area contributed by atoms with Crippen LogP contribution in [0.25, 0.3) is 5.69 Å². The average molecular weight is 492 g/mol. The van der Waals surface area contributed by atoms with Crippen molar-refractivity contribution in [1.29, 1.82) is 0 Å². The summed E-state index contributed by atoms with van der Waals surface area (Å²) in [6.07, 6.45) is -5.76. The number of alkyl halides is 5. The van der Waals surface area contributed by atoms with Gasteiger partial charge in [-0.2, -0.15) is 31.3 Å². The summed E-state index contributed by atoms with van der Waals surface area (Å²) in [4.78, 5) is 12.8. The lowest BCUT2D eigenvalue weighted by atomic mass is 9.92. The largest absolute Gasteiger partial charge is 0.487 e. The molecule has 0 aliphatic carbocycles. The number of halogens is 7. The molecule has 1 aliphatic heterocycles. The standard InChI is InChI=1S/C20H15F7N4O3/c1-11(18(9-34-18)15-7-2-12(21)8-16(15)22)30-17(32)31(29-28-30)13-3-5-14(6-4-13)33-10-19(23,24)20(25,26)27/h2-8,11H,9-10H2,1H3/t11-,18-/m1/s1. The fourth-order valence-electron chi connectivity index (χ4n) is 3.33. The highest BCUT2D eigenvalue weighted by molar-refractivity contribution is 5.36. The van der Waals surface area contributed by atoms with E-state index < -0.39 is 47.7 Å². The van der Waals surface area contributed by atoms with Crippen LogP contribution in [0.2, 0.25) is 0 Å². The summed E-state index contributed by atoms with van der Waals surface area (Å²) in [6.45, 7) is -0.329. The number of benzene rings is 2. The lowest BCUT2D eigenvalue weighted by molar-refractivity contribution is -0.290. The number of hydrogen-bond acceptors (Lipinski definition) is 5. The molecule has 2 heterocycles. The monoisotopic (exact) mass is 492 g/mol.